The van der Waals surface area contributed by atoms with E-state index in [-0.39, 0.29) is 12.4 Å². The summed E-state index contributed by atoms with van der Waals surface area (Å²) < 4.78 is 0. The fraction of sp³-hybridized carbons (Fsp3) is 0.381. The van der Waals surface area contributed by atoms with Crippen molar-refractivity contribution in [3.8, 4) is 0 Å². The molecule has 0 spiro atoms. The van der Waals surface area contributed by atoms with Gasteiger partial charge in [0.2, 0.25) is 0 Å². The molecule has 5 heteroatoms. The molecule has 0 atom stereocenters. The molecule has 0 heterocycles. The molecule has 2 aromatic carbocycles. The third kappa shape index (κ3) is 8.26. The van der Waals surface area contributed by atoms with E-state index in [4.69, 9.17) is 5.73 Å². The molecule has 0 unspecified atom stereocenters. The minimum atomic E-state index is 0. The number of nitrogens with zero attached hydrogens (tertiary/aromatic N) is 1. The lowest BCUT2D eigenvalue weighted by Crippen LogP contribution is -2.15. The molecule has 0 amide bonds. The van der Waals surface area contributed by atoms with Crippen molar-refractivity contribution in [2.75, 3.05) is 30.3 Å². The van der Waals surface area contributed by atoms with Gasteiger partial charge in [-0.25, -0.2) is 0 Å². The average Bonchev–Trinajstić information content (AvgIpc) is 2.66. The van der Waals surface area contributed by atoms with Gasteiger partial charge in [0.15, 0.2) is 0 Å². The number of hydrogen-bond acceptors (Lipinski definition) is 3. The maximum atomic E-state index is 6.07. The number of unbranched alkanes of at least 4 members (excludes halogenated alkanes) is 3. The van der Waals surface area contributed by atoms with E-state index in [1.165, 1.54) is 19.3 Å². The third-order valence-electron chi connectivity index (χ3n) is 4.03. The Morgan fingerprint density at radius 1 is 0.846 bits per heavy atom. The van der Waals surface area contributed by atoms with Crippen LogP contribution in [0.3, 0.4) is 0 Å². The first kappa shape index (κ1) is 21.8. The minimum absolute atomic E-state index is 0. The third-order valence-corrected chi connectivity index (χ3v) is 4.03. The van der Waals surface area contributed by atoms with Crippen molar-refractivity contribution in [2.24, 2.45) is 10.7 Å². The Labute approximate surface area is 163 Å². The Kier molecular flexibility index (Phi) is 11.0. The number of anilines is 2. The largest absolute Gasteiger partial charge is 0.384 e. The van der Waals surface area contributed by atoms with Crippen molar-refractivity contribution in [1.82, 2.24) is 0 Å². The topological polar surface area (TPSA) is 62.4 Å². The Morgan fingerprint density at radius 3 is 2.08 bits per heavy atom. The summed E-state index contributed by atoms with van der Waals surface area (Å²) in [5, 5.41) is 6.78. The molecule has 0 aliphatic carbocycles. The van der Waals surface area contributed by atoms with E-state index in [1.54, 1.807) is 0 Å². The highest BCUT2D eigenvalue weighted by Crippen LogP contribution is 2.10. The summed E-state index contributed by atoms with van der Waals surface area (Å²) in [6, 6.07) is 18.4. The van der Waals surface area contributed by atoms with Gasteiger partial charge in [-0.15, -0.1) is 12.4 Å². The maximum absolute atomic E-state index is 6.07. The molecule has 0 saturated carbocycles. The normalized spacial score (nSPS) is 10.9. The van der Waals surface area contributed by atoms with Crippen LogP contribution < -0.4 is 16.4 Å². The van der Waals surface area contributed by atoms with Crippen LogP contribution >= 0.6 is 12.4 Å². The predicted octanol–water partition coefficient (Wildman–Crippen LogP) is 4.92. The van der Waals surface area contributed by atoms with Crippen molar-refractivity contribution < 1.29 is 0 Å². The summed E-state index contributed by atoms with van der Waals surface area (Å²) in [5.41, 5.74) is 9.29. The van der Waals surface area contributed by atoms with Crippen molar-refractivity contribution >= 4 is 29.6 Å². The van der Waals surface area contributed by atoms with Crippen molar-refractivity contribution in [3.05, 3.63) is 60.2 Å². The summed E-state index contributed by atoms with van der Waals surface area (Å²) >= 11 is 0. The number of aliphatic imine (C=N–C) groups is 1. The lowest BCUT2D eigenvalue weighted by Gasteiger charge is -2.09. The molecule has 0 radical (unpaired) electrons. The molecule has 0 aliphatic rings. The molecule has 142 valence electrons. The molecular weight excluding hydrogens is 344 g/mol. The number of nitrogens with one attached hydrogen (secondary N) is 2. The molecule has 0 saturated heterocycles. The van der Waals surface area contributed by atoms with Gasteiger partial charge in [-0.3, -0.25) is 4.99 Å². The van der Waals surface area contributed by atoms with Crippen molar-refractivity contribution in [3.63, 3.8) is 0 Å². The van der Waals surface area contributed by atoms with Gasteiger partial charge in [-0.2, -0.15) is 0 Å². The van der Waals surface area contributed by atoms with Gasteiger partial charge in [-0.1, -0.05) is 44.4 Å². The zero-order valence-corrected chi connectivity index (χ0v) is 16.4. The van der Waals surface area contributed by atoms with E-state index >= 15 is 0 Å². The van der Waals surface area contributed by atoms with Crippen molar-refractivity contribution in [2.45, 2.75) is 32.6 Å². The first-order valence-electron chi connectivity index (χ1n) is 9.22. The maximum Gasteiger partial charge on any atom is 0.125 e. The van der Waals surface area contributed by atoms with Gasteiger partial charge >= 0.3 is 0 Å². The predicted molar refractivity (Wildman–Crippen MR) is 117 cm³/mol. The molecule has 0 bridgehead atoms. The zero-order valence-electron chi connectivity index (χ0n) is 15.6. The summed E-state index contributed by atoms with van der Waals surface area (Å²) in [6.45, 7) is 4.75. The highest BCUT2D eigenvalue weighted by atomic mass is 35.5. The SMILES string of the molecule is CCCCCCN=C(N)c1ccc(NCCNc2ccccc2)cc1.Cl. The quantitative estimate of drug-likeness (QED) is 0.297. The number of para-hydroxylation sites is 1. The first-order chi connectivity index (χ1) is 12.3. The number of halogens is 1. The second-order valence-electron chi connectivity index (χ2n) is 6.12. The van der Waals surface area contributed by atoms with E-state index < -0.39 is 0 Å². The number of rotatable bonds is 11. The van der Waals surface area contributed by atoms with Crippen LogP contribution in [0, 0.1) is 0 Å². The highest BCUT2D eigenvalue weighted by molar-refractivity contribution is 5.97. The van der Waals surface area contributed by atoms with E-state index in [0.29, 0.717) is 5.84 Å². The molecule has 2 aromatic rings. The van der Waals surface area contributed by atoms with E-state index in [1.807, 2.05) is 30.3 Å². The van der Waals surface area contributed by atoms with Crippen LogP contribution in [-0.4, -0.2) is 25.5 Å². The smallest absolute Gasteiger partial charge is 0.125 e. The molecule has 0 aromatic heterocycles. The average molecular weight is 375 g/mol. The van der Waals surface area contributed by atoms with E-state index in [9.17, 15) is 0 Å². The number of hydrogen-bond donors (Lipinski definition) is 3. The van der Waals surface area contributed by atoms with Gasteiger partial charge in [0.05, 0.1) is 0 Å². The molecular formula is C21H31ClN4. The highest BCUT2D eigenvalue weighted by Gasteiger charge is 1.99. The van der Waals surface area contributed by atoms with Gasteiger partial charge in [0.1, 0.15) is 5.84 Å². The number of benzene rings is 2. The summed E-state index contributed by atoms with van der Waals surface area (Å²) in [4.78, 5) is 4.47. The van der Waals surface area contributed by atoms with Gasteiger partial charge in [-0.05, 0) is 42.8 Å². The van der Waals surface area contributed by atoms with Crippen LogP contribution in [-0.2, 0) is 0 Å². The summed E-state index contributed by atoms with van der Waals surface area (Å²) in [7, 11) is 0. The van der Waals surface area contributed by atoms with E-state index in [2.05, 4.69) is 46.8 Å². The lowest BCUT2D eigenvalue weighted by atomic mass is 10.2. The first-order valence-corrected chi connectivity index (χ1v) is 9.22. The monoisotopic (exact) mass is 374 g/mol. The van der Waals surface area contributed by atoms with Crippen LogP contribution in [0.25, 0.3) is 0 Å². The molecule has 4 nitrogen and oxygen atoms in total. The Morgan fingerprint density at radius 2 is 1.46 bits per heavy atom. The molecule has 4 N–H and O–H groups in total. The number of nitrogens with two attached hydrogens (primary N) is 1. The van der Waals surface area contributed by atoms with Crippen LogP contribution in [0.2, 0.25) is 0 Å². The Bertz CT molecular complexity index is 626. The van der Waals surface area contributed by atoms with E-state index in [0.717, 1.165) is 43.0 Å². The fourth-order valence-corrected chi connectivity index (χ4v) is 2.56. The second-order valence-corrected chi connectivity index (χ2v) is 6.12. The molecule has 2 rings (SSSR count). The zero-order chi connectivity index (χ0) is 17.7. The van der Waals surface area contributed by atoms with Gasteiger partial charge < -0.3 is 16.4 Å². The van der Waals surface area contributed by atoms with Gasteiger partial charge in [0, 0.05) is 36.6 Å². The van der Waals surface area contributed by atoms with Crippen LogP contribution in [0.15, 0.2) is 59.6 Å². The molecule has 0 aliphatic heterocycles. The Hall–Kier alpha value is -2.20. The van der Waals surface area contributed by atoms with Crippen LogP contribution in [0.4, 0.5) is 11.4 Å². The Balaban J connectivity index is 0.00000338. The number of amidine groups is 1. The summed E-state index contributed by atoms with van der Waals surface area (Å²) in [5.74, 6) is 0.633. The second kappa shape index (κ2) is 13.1. The summed E-state index contributed by atoms with van der Waals surface area (Å²) in [6.07, 6.45) is 4.86. The fourth-order valence-electron chi connectivity index (χ4n) is 2.56. The van der Waals surface area contributed by atoms with Crippen LogP contribution in [0.5, 0.6) is 0 Å². The van der Waals surface area contributed by atoms with Gasteiger partial charge in [0.25, 0.3) is 0 Å². The molecule has 26 heavy (non-hydrogen) atoms. The lowest BCUT2D eigenvalue weighted by molar-refractivity contribution is 0.675. The standard InChI is InChI=1S/C21H30N4.ClH/c1-2-3-4-8-15-25-21(22)18-11-13-20(14-12-18)24-17-16-23-19-9-6-5-7-10-19;/h5-7,9-14,23-24H,2-4,8,15-17H2,1H3,(H2,22,25);1H. The molecule has 0 fully saturated rings. The minimum Gasteiger partial charge on any atom is -0.384 e. The van der Waals surface area contributed by atoms with Crippen LogP contribution in [0.1, 0.15) is 38.2 Å². The van der Waals surface area contributed by atoms with Crippen molar-refractivity contribution in [1.29, 1.82) is 0 Å².